The first-order valence-corrected chi connectivity index (χ1v) is 5.51. The number of hydrogen-bond donors (Lipinski definition) is 0. The molecule has 0 fully saturated rings. The van der Waals surface area contributed by atoms with Gasteiger partial charge in [0.1, 0.15) is 9.84 Å². The van der Waals surface area contributed by atoms with Gasteiger partial charge in [0.2, 0.25) is 0 Å². The zero-order valence-electron chi connectivity index (χ0n) is 7.75. The lowest BCUT2D eigenvalue weighted by molar-refractivity contribution is -0.149. The van der Waals surface area contributed by atoms with Crippen molar-refractivity contribution in [3.63, 3.8) is 0 Å². The minimum Gasteiger partial charge on any atom is -0.469 e. The van der Waals surface area contributed by atoms with Crippen LogP contribution in [0.2, 0.25) is 0 Å². The third-order valence-corrected chi connectivity index (χ3v) is 2.61. The standard InChI is InChI=1S/C7H14O4S/c1-7(2,6(8)11-3)5-12(4,9)10/h5H2,1-4H3. The number of carbonyl (C=O) groups is 1. The summed E-state index contributed by atoms with van der Waals surface area (Å²) >= 11 is 0. The molecule has 0 amide bonds. The molecular formula is C7H14O4S. The zero-order valence-corrected chi connectivity index (χ0v) is 8.56. The highest BCUT2D eigenvalue weighted by atomic mass is 32.2. The predicted octanol–water partition coefficient (Wildman–Crippen LogP) is 0.230. The second-order valence-corrected chi connectivity index (χ2v) is 5.59. The Bertz CT molecular complexity index is 263. The van der Waals surface area contributed by atoms with Crippen LogP contribution in [-0.4, -0.2) is 33.5 Å². The van der Waals surface area contributed by atoms with Crippen LogP contribution in [0.5, 0.6) is 0 Å². The van der Waals surface area contributed by atoms with E-state index in [4.69, 9.17) is 0 Å². The molecule has 0 aliphatic rings. The summed E-state index contributed by atoms with van der Waals surface area (Å²) in [4.78, 5) is 11.0. The van der Waals surface area contributed by atoms with Gasteiger partial charge in [-0.1, -0.05) is 0 Å². The molecule has 0 aliphatic carbocycles. The number of methoxy groups -OCH3 is 1. The molecule has 0 bridgehead atoms. The number of sulfone groups is 1. The van der Waals surface area contributed by atoms with Gasteiger partial charge in [0.25, 0.3) is 0 Å². The molecular weight excluding hydrogens is 180 g/mol. The molecule has 0 aromatic rings. The van der Waals surface area contributed by atoms with E-state index in [-0.39, 0.29) is 5.75 Å². The van der Waals surface area contributed by atoms with Gasteiger partial charge in [-0.3, -0.25) is 4.79 Å². The van der Waals surface area contributed by atoms with Crippen molar-refractivity contribution in [2.75, 3.05) is 19.1 Å². The Balaban J connectivity index is 4.54. The van der Waals surface area contributed by atoms with Crippen molar-refractivity contribution in [1.29, 1.82) is 0 Å². The smallest absolute Gasteiger partial charge is 0.312 e. The summed E-state index contributed by atoms with van der Waals surface area (Å²) in [6, 6.07) is 0. The van der Waals surface area contributed by atoms with E-state index in [1.807, 2.05) is 0 Å². The van der Waals surface area contributed by atoms with E-state index in [0.717, 1.165) is 6.26 Å². The summed E-state index contributed by atoms with van der Waals surface area (Å²) in [6.07, 6.45) is 1.09. The Morgan fingerprint density at radius 2 is 1.83 bits per heavy atom. The van der Waals surface area contributed by atoms with Gasteiger partial charge in [0.15, 0.2) is 0 Å². The summed E-state index contributed by atoms with van der Waals surface area (Å²) in [5.41, 5.74) is -0.956. The highest BCUT2D eigenvalue weighted by Crippen LogP contribution is 2.18. The van der Waals surface area contributed by atoms with Crippen LogP contribution in [0.4, 0.5) is 0 Å². The van der Waals surface area contributed by atoms with Crippen molar-refractivity contribution in [1.82, 2.24) is 0 Å². The van der Waals surface area contributed by atoms with Crippen LogP contribution in [0.25, 0.3) is 0 Å². The highest BCUT2D eigenvalue weighted by molar-refractivity contribution is 7.90. The lowest BCUT2D eigenvalue weighted by atomic mass is 9.97. The zero-order chi connectivity index (χ0) is 9.99. The molecule has 0 atom stereocenters. The van der Waals surface area contributed by atoms with E-state index < -0.39 is 21.2 Å². The Morgan fingerprint density at radius 3 is 2.08 bits per heavy atom. The van der Waals surface area contributed by atoms with Gasteiger partial charge in [-0.05, 0) is 13.8 Å². The number of hydrogen-bond acceptors (Lipinski definition) is 4. The van der Waals surface area contributed by atoms with Crippen LogP contribution in [0.15, 0.2) is 0 Å². The Labute approximate surface area is 72.8 Å². The molecule has 0 radical (unpaired) electrons. The van der Waals surface area contributed by atoms with Crippen LogP contribution in [0.3, 0.4) is 0 Å². The van der Waals surface area contributed by atoms with Gasteiger partial charge >= 0.3 is 5.97 Å². The van der Waals surface area contributed by atoms with Gasteiger partial charge in [-0.25, -0.2) is 8.42 Å². The molecule has 0 aliphatic heterocycles. The highest BCUT2D eigenvalue weighted by Gasteiger charge is 2.32. The summed E-state index contributed by atoms with van der Waals surface area (Å²) in [7, 11) is -1.90. The van der Waals surface area contributed by atoms with Crippen LogP contribution < -0.4 is 0 Å². The van der Waals surface area contributed by atoms with Gasteiger partial charge in [-0.2, -0.15) is 0 Å². The first-order chi connectivity index (χ1) is 5.19. The predicted molar refractivity (Wildman–Crippen MR) is 45.5 cm³/mol. The normalized spacial score (nSPS) is 12.7. The largest absolute Gasteiger partial charge is 0.469 e. The summed E-state index contributed by atoms with van der Waals surface area (Å²) in [5.74, 6) is -0.694. The van der Waals surface area contributed by atoms with Crippen LogP contribution in [0.1, 0.15) is 13.8 Å². The van der Waals surface area contributed by atoms with Gasteiger partial charge < -0.3 is 4.74 Å². The van der Waals surface area contributed by atoms with Crippen molar-refractivity contribution in [3.05, 3.63) is 0 Å². The fourth-order valence-corrected chi connectivity index (χ4v) is 2.42. The number of ether oxygens (including phenoxy) is 1. The SMILES string of the molecule is COC(=O)C(C)(C)CS(C)(=O)=O. The molecule has 0 spiro atoms. The number of esters is 1. The third kappa shape index (κ3) is 3.71. The van der Waals surface area contributed by atoms with Crippen molar-refractivity contribution in [3.8, 4) is 0 Å². The molecule has 0 saturated heterocycles. The maximum absolute atomic E-state index is 11.0. The average Bonchev–Trinajstić information content (AvgIpc) is 1.80. The lowest BCUT2D eigenvalue weighted by Crippen LogP contribution is -2.33. The molecule has 12 heavy (non-hydrogen) atoms. The van der Waals surface area contributed by atoms with E-state index in [0.29, 0.717) is 0 Å². The molecule has 0 rings (SSSR count). The van der Waals surface area contributed by atoms with Crippen molar-refractivity contribution in [2.24, 2.45) is 5.41 Å². The van der Waals surface area contributed by atoms with Crippen molar-refractivity contribution >= 4 is 15.8 Å². The Kier molecular flexibility index (Phi) is 3.26. The third-order valence-electron chi connectivity index (χ3n) is 1.36. The van der Waals surface area contributed by atoms with Crippen molar-refractivity contribution in [2.45, 2.75) is 13.8 Å². The van der Waals surface area contributed by atoms with E-state index >= 15 is 0 Å². The second kappa shape index (κ2) is 3.43. The molecule has 72 valence electrons. The van der Waals surface area contributed by atoms with Crippen LogP contribution in [-0.2, 0) is 19.4 Å². The lowest BCUT2D eigenvalue weighted by Gasteiger charge is -2.19. The molecule has 0 aromatic carbocycles. The maximum Gasteiger partial charge on any atom is 0.312 e. The first kappa shape index (κ1) is 11.4. The Morgan fingerprint density at radius 1 is 1.42 bits per heavy atom. The number of carbonyl (C=O) groups excluding carboxylic acids is 1. The quantitative estimate of drug-likeness (QED) is 0.603. The molecule has 0 unspecified atom stereocenters. The van der Waals surface area contributed by atoms with E-state index in [9.17, 15) is 13.2 Å². The minimum absolute atomic E-state index is 0.188. The van der Waals surface area contributed by atoms with Crippen molar-refractivity contribution < 1.29 is 17.9 Å². The topological polar surface area (TPSA) is 60.4 Å². The average molecular weight is 194 g/mol. The fraction of sp³-hybridized carbons (Fsp3) is 0.857. The monoisotopic (exact) mass is 194 g/mol. The molecule has 0 saturated carbocycles. The molecule has 5 heteroatoms. The van der Waals surface area contributed by atoms with Gasteiger partial charge in [0.05, 0.1) is 18.3 Å². The van der Waals surface area contributed by atoms with E-state index in [1.165, 1.54) is 7.11 Å². The van der Waals surface area contributed by atoms with Gasteiger partial charge in [-0.15, -0.1) is 0 Å². The molecule has 0 heterocycles. The Hall–Kier alpha value is -0.580. The summed E-state index contributed by atoms with van der Waals surface area (Å²) in [5, 5.41) is 0. The molecule has 0 N–H and O–H groups in total. The summed E-state index contributed by atoms with van der Waals surface area (Å²) < 4.78 is 26.2. The first-order valence-electron chi connectivity index (χ1n) is 3.45. The molecule has 0 aromatic heterocycles. The number of rotatable bonds is 3. The van der Waals surface area contributed by atoms with E-state index in [1.54, 1.807) is 13.8 Å². The van der Waals surface area contributed by atoms with E-state index in [2.05, 4.69) is 4.74 Å². The second-order valence-electron chi connectivity index (χ2n) is 3.45. The van der Waals surface area contributed by atoms with Crippen LogP contribution in [0, 0.1) is 5.41 Å². The summed E-state index contributed by atoms with van der Waals surface area (Å²) in [6.45, 7) is 3.08. The molecule has 4 nitrogen and oxygen atoms in total. The fourth-order valence-electron chi connectivity index (χ4n) is 0.991. The minimum atomic E-state index is -3.14. The van der Waals surface area contributed by atoms with Crippen LogP contribution >= 0.6 is 0 Å². The maximum atomic E-state index is 11.0. The van der Waals surface area contributed by atoms with Gasteiger partial charge in [0, 0.05) is 6.26 Å².